The second kappa shape index (κ2) is 7.14. The molecule has 0 spiro atoms. The maximum absolute atomic E-state index is 14.2. The molecular formula is C15H22ClFN2O. The van der Waals surface area contributed by atoms with Gasteiger partial charge in [0, 0.05) is 25.3 Å². The summed E-state index contributed by atoms with van der Waals surface area (Å²) in [5, 5.41) is 12.4. The van der Waals surface area contributed by atoms with Gasteiger partial charge in [0.05, 0.1) is 17.7 Å². The summed E-state index contributed by atoms with van der Waals surface area (Å²) >= 11 is 5.52. The van der Waals surface area contributed by atoms with Crippen LogP contribution in [0.2, 0.25) is 0 Å². The van der Waals surface area contributed by atoms with Crippen molar-refractivity contribution >= 4 is 23.0 Å². The average molecular weight is 301 g/mol. The Morgan fingerprint density at radius 2 is 2.15 bits per heavy atom. The van der Waals surface area contributed by atoms with Gasteiger partial charge in [-0.3, -0.25) is 0 Å². The van der Waals surface area contributed by atoms with E-state index < -0.39 is 6.10 Å². The van der Waals surface area contributed by atoms with Crippen LogP contribution < -0.4 is 10.2 Å². The van der Waals surface area contributed by atoms with Gasteiger partial charge in [-0.1, -0.05) is 6.92 Å². The van der Waals surface area contributed by atoms with Crippen molar-refractivity contribution < 1.29 is 9.50 Å². The quantitative estimate of drug-likeness (QED) is 0.820. The molecule has 0 saturated carbocycles. The molecule has 112 valence electrons. The van der Waals surface area contributed by atoms with E-state index in [0.717, 1.165) is 31.8 Å². The van der Waals surface area contributed by atoms with Gasteiger partial charge < -0.3 is 15.3 Å². The van der Waals surface area contributed by atoms with Gasteiger partial charge in [0.25, 0.3) is 0 Å². The third-order valence-electron chi connectivity index (χ3n) is 3.79. The number of nitrogens with one attached hydrogen (secondary N) is 1. The van der Waals surface area contributed by atoms with Crippen molar-refractivity contribution in [2.75, 3.05) is 35.7 Å². The monoisotopic (exact) mass is 300 g/mol. The number of rotatable bonds is 5. The SMILES string of the molecule is CC1CCN(c2ccc(NCC(O)CCl)cc2F)CC1. The summed E-state index contributed by atoms with van der Waals surface area (Å²) in [7, 11) is 0. The Hall–Kier alpha value is -1.00. The van der Waals surface area contributed by atoms with Gasteiger partial charge >= 0.3 is 0 Å². The highest BCUT2D eigenvalue weighted by atomic mass is 35.5. The Morgan fingerprint density at radius 3 is 2.75 bits per heavy atom. The molecule has 0 radical (unpaired) electrons. The molecule has 1 aliphatic rings. The van der Waals surface area contributed by atoms with Gasteiger partial charge in [-0.25, -0.2) is 4.39 Å². The molecule has 1 aromatic carbocycles. The molecule has 2 N–H and O–H groups in total. The molecule has 1 heterocycles. The fourth-order valence-electron chi connectivity index (χ4n) is 2.41. The Labute approximate surface area is 124 Å². The van der Waals surface area contributed by atoms with E-state index in [2.05, 4.69) is 17.1 Å². The number of aliphatic hydroxyl groups excluding tert-OH is 1. The van der Waals surface area contributed by atoms with Gasteiger partial charge in [-0.2, -0.15) is 0 Å². The van der Waals surface area contributed by atoms with Crippen molar-refractivity contribution in [2.45, 2.75) is 25.9 Å². The van der Waals surface area contributed by atoms with Crippen LogP contribution in [0.1, 0.15) is 19.8 Å². The second-order valence-electron chi connectivity index (χ2n) is 5.52. The molecule has 1 fully saturated rings. The van der Waals surface area contributed by atoms with Crippen LogP contribution >= 0.6 is 11.6 Å². The van der Waals surface area contributed by atoms with Crippen LogP contribution in [0, 0.1) is 11.7 Å². The van der Waals surface area contributed by atoms with Gasteiger partial charge in [-0.15, -0.1) is 11.6 Å². The summed E-state index contributed by atoms with van der Waals surface area (Å²) in [6.07, 6.45) is 1.60. The summed E-state index contributed by atoms with van der Waals surface area (Å²) in [6, 6.07) is 5.13. The molecule has 1 aliphatic heterocycles. The number of hydrogen-bond donors (Lipinski definition) is 2. The van der Waals surface area contributed by atoms with Crippen molar-refractivity contribution in [3.8, 4) is 0 Å². The largest absolute Gasteiger partial charge is 0.390 e. The van der Waals surface area contributed by atoms with E-state index >= 15 is 0 Å². The predicted octanol–water partition coefficient (Wildman–Crippen LogP) is 3.07. The van der Waals surface area contributed by atoms with E-state index in [0.29, 0.717) is 17.9 Å². The maximum Gasteiger partial charge on any atom is 0.148 e. The van der Waals surface area contributed by atoms with E-state index in [4.69, 9.17) is 11.6 Å². The maximum atomic E-state index is 14.2. The molecule has 0 amide bonds. The Bertz CT molecular complexity index is 436. The Kier molecular flexibility index (Phi) is 5.49. The topological polar surface area (TPSA) is 35.5 Å². The van der Waals surface area contributed by atoms with Crippen LogP contribution in [-0.4, -0.2) is 36.7 Å². The fraction of sp³-hybridized carbons (Fsp3) is 0.600. The smallest absolute Gasteiger partial charge is 0.148 e. The standard InChI is InChI=1S/C15H22ClFN2O/c1-11-4-6-19(7-5-11)15-3-2-12(8-14(15)17)18-10-13(20)9-16/h2-3,8,11,13,18,20H,4-7,9-10H2,1H3. The van der Waals surface area contributed by atoms with Crippen LogP contribution in [0.15, 0.2) is 18.2 Å². The average Bonchev–Trinajstić information content (AvgIpc) is 2.46. The van der Waals surface area contributed by atoms with Crippen LogP contribution in [-0.2, 0) is 0 Å². The molecule has 20 heavy (non-hydrogen) atoms. The number of halogens is 2. The van der Waals surface area contributed by atoms with Crippen molar-refractivity contribution in [1.29, 1.82) is 0 Å². The fourth-order valence-corrected chi connectivity index (χ4v) is 2.52. The first-order chi connectivity index (χ1) is 9.60. The minimum atomic E-state index is -0.622. The van der Waals surface area contributed by atoms with Crippen molar-refractivity contribution in [1.82, 2.24) is 0 Å². The van der Waals surface area contributed by atoms with Gasteiger partial charge in [0.15, 0.2) is 0 Å². The summed E-state index contributed by atoms with van der Waals surface area (Å²) in [5.41, 5.74) is 1.33. The third-order valence-corrected chi connectivity index (χ3v) is 4.15. The lowest BCUT2D eigenvalue weighted by atomic mass is 9.99. The molecule has 0 aromatic heterocycles. The molecular weight excluding hydrogens is 279 g/mol. The van der Waals surface area contributed by atoms with Crippen LogP contribution in [0.4, 0.5) is 15.8 Å². The molecule has 5 heteroatoms. The molecule has 0 aliphatic carbocycles. The van der Waals surface area contributed by atoms with E-state index in [-0.39, 0.29) is 11.7 Å². The molecule has 1 aromatic rings. The van der Waals surface area contributed by atoms with E-state index in [1.54, 1.807) is 6.07 Å². The first-order valence-electron chi connectivity index (χ1n) is 7.12. The lowest BCUT2D eigenvalue weighted by molar-refractivity contribution is 0.211. The van der Waals surface area contributed by atoms with Crippen LogP contribution in [0.25, 0.3) is 0 Å². The summed E-state index contributed by atoms with van der Waals surface area (Å²) in [4.78, 5) is 2.10. The Balaban J connectivity index is 1.98. The Morgan fingerprint density at radius 1 is 1.45 bits per heavy atom. The highest BCUT2D eigenvalue weighted by molar-refractivity contribution is 6.18. The van der Waals surface area contributed by atoms with Gasteiger partial charge in [0.2, 0.25) is 0 Å². The molecule has 2 rings (SSSR count). The number of piperidine rings is 1. The molecule has 1 unspecified atom stereocenters. The molecule has 3 nitrogen and oxygen atoms in total. The van der Waals surface area contributed by atoms with Crippen LogP contribution in [0.3, 0.4) is 0 Å². The normalized spacial score (nSPS) is 18.1. The lowest BCUT2D eigenvalue weighted by Gasteiger charge is -2.32. The summed E-state index contributed by atoms with van der Waals surface area (Å²) in [6.45, 7) is 4.39. The van der Waals surface area contributed by atoms with E-state index in [1.165, 1.54) is 6.07 Å². The number of anilines is 2. The first-order valence-corrected chi connectivity index (χ1v) is 7.66. The zero-order valence-electron chi connectivity index (χ0n) is 11.8. The number of alkyl halides is 1. The summed E-state index contributed by atoms with van der Waals surface area (Å²) in [5.74, 6) is 0.678. The number of aliphatic hydroxyl groups is 1. The second-order valence-corrected chi connectivity index (χ2v) is 5.83. The van der Waals surface area contributed by atoms with Gasteiger partial charge in [0.1, 0.15) is 5.82 Å². The molecule has 0 bridgehead atoms. The van der Waals surface area contributed by atoms with Crippen LogP contribution in [0.5, 0.6) is 0 Å². The van der Waals surface area contributed by atoms with E-state index in [1.807, 2.05) is 6.07 Å². The molecule has 1 atom stereocenters. The highest BCUT2D eigenvalue weighted by Crippen LogP contribution is 2.27. The highest BCUT2D eigenvalue weighted by Gasteiger charge is 2.18. The molecule has 1 saturated heterocycles. The first kappa shape index (κ1) is 15.4. The zero-order chi connectivity index (χ0) is 14.5. The third kappa shape index (κ3) is 4.00. The van der Waals surface area contributed by atoms with Gasteiger partial charge in [-0.05, 0) is 37.0 Å². The minimum Gasteiger partial charge on any atom is -0.390 e. The number of benzene rings is 1. The minimum absolute atomic E-state index is 0.166. The number of hydrogen-bond acceptors (Lipinski definition) is 3. The lowest BCUT2D eigenvalue weighted by Crippen LogP contribution is -2.33. The van der Waals surface area contributed by atoms with Crippen molar-refractivity contribution in [2.24, 2.45) is 5.92 Å². The van der Waals surface area contributed by atoms with Crippen molar-refractivity contribution in [3.63, 3.8) is 0 Å². The summed E-state index contributed by atoms with van der Waals surface area (Å²) < 4.78 is 14.2. The zero-order valence-corrected chi connectivity index (χ0v) is 12.5. The number of nitrogens with zero attached hydrogens (tertiary/aromatic N) is 1. The van der Waals surface area contributed by atoms with E-state index in [9.17, 15) is 9.50 Å². The predicted molar refractivity (Wildman–Crippen MR) is 82.2 cm³/mol. The van der Waals surface area contributed by atoms with Crippen molar-refractivity contribution in [3.05, 3.63) is 24.0 Å².